The van der Waals surface area contributed by atoms with Crippen LogP contribution < -0.4 is 10.2 Å². The fraction of sp³-hybridized carbons (Fsp3) is 0.941. The minimum atomic E-state index is -4.59. The number of phosphoric ester groups is 1. The van der Waals surface area contributed by atoms with Gasteiger partial charge in [-0.05, 0) is 19.3 Å². The quantitative estimate of drug-likeness (QED) is 0.0273. The molecule has 0 saturated heterocycles. The lowest BCUT2D eigenvalue weighted by Crippen LogP contribution is -2.45. The third-order valence-electron chi connectivity index (χ3n) is 12.0. The highest BCUT2D eigenvalue weighted by Crippen LogP contribution is 2.38. The van der Waals surface area contributed by atoms with Crippen LogP contribution in [0.1, 0.15) is 258 Å². The molecule has 8 nitrogen and oxygen atoms in total. The predicted octanol–water partition coefficient (Wildman–Crippen LogP) is 14.5. The molecule has 0 fully saturated rings. The number of carbonyl (C=O) groups is 1. The number of amides is 1. The molecule has 0 aromatic heterocycles. The van der Waals surface area contributed by atoms with E-state index in [-0.39, 0.29) is 19.1 Å². The summed E-state index contributed by atoms with van der Waals surface area (Å²) in [5.41, 5.74) is 0. The van der Waals surface area contributed by atoms with Crippen molar-refractivity contribution in [1.82, 2.24) is 5.32 Å². The van der Waals surface area contributed by atoms with Crippen molar-refractivity contribution in [2.75, 3.05) is 40.9 Å². The van der Waals surface area contributed by atoms with Gasteiger partial charge in [0, 0.05) is 6.42 Å². The minimum absolute atomic E-state index is 0.00244. The number of likely N-dealkylation sites (N-methyl/N-ethyl adjacent to an activating group) is 1. The van der Waals surface area contributed by atoms with Crippen molar-refractivity contribution >= 4 is 13.7 Å². The highest BCUT2D eigenvalue weighted by atomic mass is 31.2. The van der Waals surface area contributed by atoms with Crippen LogP contribution in [0.25, 0.3) is 0 Å². The van der Waals surface area contributed by atoms with Gasteiger partial charge in [0.15, 0.2) is 0 Å². The van der Waals surface area contributed by atoms with Crippen LogP contribution in [0.15, 0.2) is 12.2 Å². The second-order valence-corrected chi connectivity index (χ2v) is 20.7. The Balaban J connectivity index is 4.23. The maximum absolute atomic E-state index is 12.9. The van der Waals surface area contributed by atoms with E-state index in [4.69, 9.17) is 9.05 Å². The second kappa shape index (κ2) is 43.5. The number of hydrogen-bond donors (Lipinski definition) is 2. The number of aliphatic hydroxyl groups is 1. The number of aliphatic hydroxyl groups excluding tert-OH is 1. The van der Waals surface area contributed by atoms with Crippen LogP contribution in [0.3, 0.4) is 0 Å². The Bertz CT molecular complexity index is 989. The molecule has 0 aromatic carbocycles. The van der Waals surface area contributed by atoms with Crippen molar-refractivity contribution in [2.24, 2.45) is 0 Å². The molecule has 0 rings (SSSR count). The zero-order valence-electron chi connectivity index (χ0n) is 40.7. The lowest BCUT2D eigenvalue weighted by atomic mass is 10.0. The summed E-state index contributed by atoms with van der Waals surface area (Å²) in [4.78, 5) is 25.4. The Morgan fingerprint density at radius 3 is 1.25 bits per heavy atom. The molecule has 358 valence electrons. The number of phosphoric acid groups is 1. The number of nitrogens with zero attached hydrogens (tertiary/aromatic N) is 1. The largest absolute Gasteiger partial charge is 0.756 e. The Labute approximate surface area is 373 Å². The first-order chi connectivity index (χ1) is 29.0. The zero-order chi connectivity index (χ0) is 44.3. The Morgan fingerprint density at radius 1 is 0.567 bits per heavy atom. The van der Waals surface area contributed by atoms with E-state index in [0.29, 0.717) is 17.4 Å². The lowest BCUT2D eigenvalue weighted by molar-refractivity contribution is -0.870. The molecule has 1 amide bonds. The molecule has 1 unspecified atom stereocenters. The molecule has 0 heterocycles. The van der Waals surface area contributed by atoms with E-state index in [9.17, 15) is 19.4 Å². The Morgan fingerprint density at radius 2 is 0.900 bits per heavy atom. The number of unbranched alkanes of at least 4 members (excludes halogenated alkanes) is 35. The number of nitrogens with one attached hydrogen (secondary N) is 1. The van der Waals surface area contributed by atoms with Gasteiger partial charge in [0.05, 0.1) is 39.9 Å². The van der Waals surface area contributed by atoms with Crippen molar-refractivity contribution in [2.45, 2.75) is 270 Å². The maximum Gasteiger partial charge on any atom is 0.268 e. The number of carbonyl (C=O) groups excluding carboxylic acids is 1. The fourth-order valence-electron chi connectivity index (χ4n) is 7.86. The number of allylic oxidation sites excluding steroid dienone is 1. The van der Waals surface area contributed by atoms with Gasteiger partial charge in [-0.2, -0.15) is 0 Å². The van der Waals surface area contributed by atoms with Crippen molar-refractivity contribution in [3.8, 4) is 0 Å². The SMILES string of the molecule is CCCCCCCCCCCCCCCC/C=C/[C@@H](O)[C@H](COP(=O)([O-])OCC[N+](C)(C)C)NC(=O)CCCCCCCCCCCCCCCCCCCCCCCC. The van der Waals surface area contributed by atoms with E-state index < -0.39 is 20.0 Å². The summed E-state index contributed by atoms with van der Waals surface area (Å²) in [6.07, 6.45) is 51.2. The summed E-state index contributed by atoms with van der Waals surface area (Å²) >= 11 is 0. The molecule has 0 aliphatic carbocycles. The lowest BCUT2D eigenvalue weighted by Gasteiger charge is -2.29. The van der Waals surface area contributed by atoms with Gasteiger partial charge >= 0.3 is 0 Å². The van der Waals surface area contributed by atoms with E-state index >= 15 is 0 Å². The van der Waals surface area contributed by atoms with Crippen molar-refractivity contribution in [3.05, 3.63) is 12.2 Å². The van der Waals surface area contributed by atoms with E-state index in [0.717, 1.165) is 38.5 Å². The normalized spacial score (nSPS) is 14.2. The van der Waals surface area contributed by atoms with Crippen LogP contribution in [0.2, 0.25) is 0 Å². The predicted molar refractivity (Wildman–Crippen MR) is 256 cm³/mol. The molecular formula is C51H103N2O6P. The van der Waals surface area contributed by atoms with Gasteiger partial charge in [-0.3, -0.25) is 9.36 Å². The van der Waals surface area contributed by atoms with Crippen LogP contribution in [0, 0.1) is 0 Å². The summed E-state index contributed by atoms with van der Waals surface area (Å²) in [6, 6.07) is -0.880. The van der Waals surface area contributed by atoms with Gasteiger partial charge in [-0.15, -0.1) is 0 Å². The summed E-state index contributed by atoms with van der Waals surface area (Å²) in [7, 11) is 1.27. The molecule has 0 aromatic rings. The van der Waals surface area contributed by atoms with Gasteiger partial charge in [0.25, 0.3) is 7.82 Å². The minimum Gasteiger partial charge on any atom is -0.756 e. The fourth-order valence-corrected chi connectivity index (χ4v) is 8.58. The van der Waals surface area contributed by atoms with Crippen LogP contribution in [0.5, 0.6) is 0 Å². The molecular weight excluding hydrogens is 768 g/mol. The van der Waals surface area contributed by atoms with Gasteiger partial charge < -0.3 is 28.8 Å². The number of quaternary nitrogens is 1. The first-order valence-corrected chi connectivity index (χ1v) is 27.5. The topological polar surface area (TPSA) is 108 Å². The molecule has 0 saturated carbocycles. The average molecular weight is 871 g/mol. The number of hydrogen-bond acceptors (Lipinski definition) is 6. The maximum atomic E-state index is 12.9. The van der Waals surface area contributed by atoms with E-state index in [1.54, 1.807) is 6.08 Å². The van der Waals surface area contributed by atoms with Gasteiger partial charge in [-0.25, -0.2) is 0 Å². The summed E-state index contributed by atoms with van der Waals surface area (Å²) in [5, 5.41) is 13.8. The van der Waals surface area contributed by atoms with E-state index in [1.807, 2.05) is 27.2 Å². The van der Waals surface area contributed by atoms with E-state index in [1.165, 1.54) is 199 Å². The zero-order valence-corrected chi connectivity index (χ0v) is 41.6. The van der Waals surface area contributed by atoms with E-state index in [2.05, 4.69) is 19.2 Å². The smallest absolute Gasteiger partial charge is 0.268 e. The van der Waals surface area contributed by atoms with Crippen LogP contribution in [-0.2, 0) is 18.4 Å². The van der Waals surface area contributed by atoms with Gasteiger partial charge in [-0.1, -0.05) is 244 Å². The highest BCUT2D eigenvalue weighted by Gasteiger charge is 2.23. The molecule has 9 heteroatoms. The van der Waals surface area contributed by atoms with Gasteiger partial charge in [0.1, 0.15) is 13.2 Å². The third-order valence-corrected chi connectivity index (χ3v) is 13.0. The summed E-state index contributed by atoms with van der Waals surface area (Å²) < 4.78 is 23.3. The monoisotopic (exact) mass is 871 g/mol. The Kier molecular flexibility index (Phi) is 42.9. The average Bonchev–Trinajstić information content (AvgIpc) is 3.20. The standard InChI is InChI=1S/C51H103N2O6P/c1-6-8-10-12-14-16-18-20-22-24-25-26-27-28-29-31-33-35-37-39-41-43-45-51(55)52-49(48-59-60(56,57)58-47-46-53(3,4)5)50(54)44-42-40-38-36-34-32-30-23-21-19-17-15-13-11-9-7-2/h42,44,49-50,54H,6-41,43,45-48H2,1-5H3,(H-,52,55,56,57)/b44-42+/t49-,50+/m0/s1. The molecule has 0 aliphatic heterocycles. The first-order valence-electron chi connectivity index (χ1n) is 26.1. The van der Waals surface area contributed by atoms with Crippen LogP contribution in [0.4, 0.5) is 0 Å². The molecule has 0 radical (unpaired) electrons. The van der Waals surface area contributed by atoms with Gasteiger partial charge in [0.2, 0.25) is 5.91 Å². The Hall–Kier alpha value is -0.760. The molecule has 0 aliphatic rings. The number of rotatable bonds is 48. The first kappa shape index (κ1) is 59.2. The molecule has 2 N–H and O–H groups in total. The van der Waals surface area contributed by atoms with Crippen LogP contribution >= 0.6 is 7.82 Å². The van der Waals surface area contributed by atoms with Crippen LogP contribution in [-0.4, -0.2) is 68.5 Å². The highest BCUT2D eigenvalue weighted by molar-refractivity contribution is 7.45. The molecule has 60 heavy (non-hydrogen) atoms. The third kappa shape index (κ3) is 45.3. The second-order valence-electron chi connectivity index (χ2n) is 19.2. The van der Waals surface area contributed by atoms with Crippen molar-refractivity contribution < 1.29 is 32.9 Å². The summed E-state index contributed by atoms with van der Waals surface area (Å²) in [6.45, 7) is 4.68. The summed E-state index contributed by atoms with van der Waals surface area (Å²) in [5.74, 6) is -0.192. The molecule has 0 spiro atoms. The van der Waals surface area contributed by atoms with Crippen molar-refractivity contribution in [3.63, 3.8) is 0 Å². The van der Waals surface area contributed by atoms with Crippen molar-refractivity contribution in [1.29, 1.82) is 0 Å². The molecule has 3 atom stereocenters. The molecule has 0 bridgehead atoms.